The number of H-pyrrole nitrogens is 1. The van der Waals surface area contributed by atoms with Crippen LogP contribution in [0.15, 0.2) is 12.3 Å². The molecule has 106 valence electrons. The van der Waals surface area contributed by atoms with Crippen molar-refractivity contribution in [1.82, 2.24) is 9.88 Å². The summed E-state index contributed by atoms with van der Waals surface area (Å²) in [6.45, 7) is 1.59. The Balaban J connectivity index is 2.71. The van der Waals surface area contributed by atoms with Crippen LogP contribution < -0.4 is 4.74 Å². The molecular formula is C14H15FN2O3. The van der Waals surface area contributed by atoms with E-state index in [0.29, 0.717) is 16.5 Å². The van der Waals surface area contributed by atoms with E-state index >= 15 is 0 Å². The Hall–Kier alpha value is -2.37. The fraction of sp³-hybridized carbons (Fsp3) is 0.286. The van der Waals surface area contributed by atoms with Crippen molar-refractivity contribution in [3.8, 4) is 5.75 Å². The summed E-state index contributed by atoms with van der Waals surface area (Å²) in [7, 11) is 4.38. The van der Waals surface area contributed by atoms with Crippen LogP contribution in [-0.4, -0.2) is 42.8 Å². The fourth-order valence-electron chi connectivity index (χ4n) is 2.05. The van der Waals surface area contributed by atoms with E-state index in [4.69, 9.17) is 4.74 Å². The van der Waals surface area contributed by atoms with E-state index in [9.17, 15) is 14.0 Å². The number of likely N-dealkylation sites (N-methyl/N-ethyl adjacent to an activating group) is 1. The zero-order valence-electron chi connectivity index (χ0n) is 11.7. The number of Topliss-reactive ketones (excluding diaryl/α,β-unsaturated/α-hetero) is 1. The molecule has 20 heavy (non-hydrogen) atoms. The standard InChI is InChI=1S/C14H15FN2O3/c1-7-9(15)5-10(20-4)11-8(6-16-12(7)11)13(18)14(19)17(2)3/h5-6,16H,1-4H3. The fourth-order valence-corrected chi connectivity index (χ4v) is 2.05. The molecule has 0 radical (unpaired) electrons. The molecule has 6 heteroatoms. The average Bonchev–Trinajstić information content (AvgIpc) is 2.86. The summed E-state index contributed by atoms with van der Waals surface area (Å²) in [5.74, 6) is -1.52. The highest BCUT2D eigenvalue weighted by Crippen LogP contribution is 2.33. The Morgan fingerprint density at radius 3 is 2.55 bits per heavy atom. The number of carbonyl (C=O) groups excluding carboxylic acids is 2. The molecule has 0 atom stereocenters. The second-order valence-electron chi connectivity index (χ2n) is 4.67. The van der Waals surface area contributed by atoms with Crippen LogP contribution in [0.25, 0.3) is 10.9 Å². The van der Waals surface area contributed by atoms with Gasteiger partial charge in [-0.2, -0.15) is 0 Å². The number of nitrogens with one attached hydrogen (secondary N) is 1. The Labute approximate surface area is 115 Å². The van der Waals surface area contributed by atoms with Gasteiger partial charge >= 0.3 is 0 Å². The summed E-state index contributed by atoms with van der Waals surface area (Å²) in [6, 6.07) is 1.21. The molecule has 0 saturated heterocycles. The lowest BCUT2D eigenvalue weighted by atomic mass is 10.0. The molecule has 0 fully saturated rings. The highest BCUT2D eigenvalue weighted by atomic mass is 19.1. The molecular weight excluding hydrogens is 263 g/mol. The number of rotatable bonds is 3. The molecule has 0 aliphatic heterocycles. The van der Waals surface area contributed by atoms with Crippen LogP contribution in [0.4, 0.5) is 4.39 Å². The van der Waals surface area contributed by atoms with Crippen LogP contribution in [0.3, 0.4) is 0 Å². The van der Waals surface area contributed by atoms with E-state index in [2.05, 4.69) is 4.98 Å². The third-order valence-corrected chi connectivity index (χ3v) is 3.18. The number of amides is 1. The number of aromatic nitrogens is 1. The van der Waals surface area contributed by atoms with Gasteiger partial charge in [0.1, 0.15) is 11.6 Å². The van der Waals surface area contributed by atoms with Crippen LogP contribution in [0.1, 0.15) is 15.9 Å². The van der Waals surface area contributed by atoms with E-state index in [1.165, 1.54) is 38.4 Å². The maximum Gasteiger partial charge on any atom is 0.294 e. The molecule has 0 spiro atoms. The molecule has 0 unspecified atom stereocenters. The summed E-state index contributed by atoms with van der Waals surface area (Å²) in [4.78, 5) is 28.0. The van der Waals surface area contributed by atoms with E-state index in [1.807, 2.05) is 0 Å². The van der Waals surface area contributed by atoms with E-state index in [0.717, 1.165) is 0 Å². The van der Waals surface area contributed by atoms with Crippen molar-refractivity contribution >= 4 is 22.6 Å². The minimum atomic E-state index is -0.662. The third kappa shape index (κ3) is 2.03. The quantitative estimate of drug-likeness (QED) is 0.689. The van der Waals surface area contributed by atoms with E-state index < -0.39 is 17.5 Å². The van der Waals surface area contributed by atoms with E-state index in [-0.39, 0.29) is 11.3 Å². The van der Waals surface area contributed by atoms with Gasteiger partial charge in [0.2, 0.25) is 0 Å². The minimum absolute atomic E-state index is 0.179. The average molecular weight is 278 g/mol. The molecule has 1 aromatic heterocycles. The number of ether oxygens (including phenoxy) is 1. The largest absolute Gasteiger partial charge is 0.496 e. The maximum atomic E-state index is 13.7. The van der Waals surface area contributed by atoms with E-state index in [1.54, 1.807) is 6.92 Å². The molecule has 0 saturated carbocycles. The zero-order chi connectivity index (χ0) is 15.0. The first kappa shape index (κ1) is 14.0. The first-order valence-electron chi connectivity index (χ1n) is 5.98. The van der Waals surface area contributed by atoms with Crippen molar-refractivity contribution in [2.75, 3.05) is 21.2 Å². The Bertz CT molecular complexity index is 704. The summed E-state index contributed by atoms with van der Waals surface area (Å²) in [5.41, 5.74) is 1.01. The molecule has 2 aromatic rings. The van der Waals surface area contributed by atoms with Crippen LogP contribution in [0, 0.1) is 12.7 Å². The monoisotopic (exact) mass is 278 g/mol. The lowest BCUT2D eigenvalue weighted by Crippen LogP contribution is -2.29. The summed E-state index contributed by atoms with van der Waals surface area (Å²) in [5, 5.41) is 0.423. The second-order valence-corrected chi connectivity index (χ2v) is 4.67. The molecule has 1 heterocycles. The van der Waals surface area contributed by atoms with Gasteiger partial charge in [-0.15, -0.1) is 0 Å². The number of carbonyl (C=O) groups is 2. The van der Waals surface area contributed by atoms with Gasteiger partial charge in [0.25, 0.3) is 11.7 Å². The maximum absolute atomic E-state index is 13.7. The topological polar surface area (TPSA) is 62.4 Å². The highest BCUT2D eigenvalue weighted by Gasteiger charge is 2.25. The number of benzene rings is 1. The molecule has 2 rings (SSSR count). The van der Waals surface area contributed by atoms with Crippen LogP contribution in [0.2, 0.25) is 0 Å². The minimum Gasteiger partial charge on any atom is -0.496 e. The van der Waals surface area contributed by atoms with Gasteiger partial charge in [0.05, 0.1) is 23.6 Å². The number of methoxy groups -OCH3 is 1. The number of hydrogen-bond acceptors (Lipinski definition) is 3. The van der Waals surface area contributed by atoms with Gasteiger partial charge in [-0.05, 0) is 6.92 Å². The summed E-state index contributed by atoms with van der Waals surface area (Å²) >= 11 is 0. The predicted octanol–water partition coefficient (Wildman–Crippen LogP) is 1.89. The SMILES string of the molecule is COc1cc(F)c(C)c2[nH]cc(C(=O)C(=O)N(C)C)c12. The molecule has 0 aliphatic carbocycles. The zero-order valence-corrected chi connectivity index (χ0v) is 11.7. The third-order valence-electron chi connectivity index (χ3n) is 3.18. The van der Waals surface area contributed by atoms with Gasteiger partial charge in [0, 0.05) is 31.9 Å². The second kappa shape index (κ2) is 4.96. The normalized spacial score (nSPS) is 10.7. The Morgan fingerprint density at radius 2 is 2.00 bits per heavy atom. The van der Waals surface area contributed by atoms with Gasteiger partial charge in [-0.1, -0.05) is 0 Å². The molecule has 0 bridgehead atoms. The first-order chi connectivity index (χ1) is 9.38. The number of halogens is 1. The van der Waals surface area contributed by atoms with Gasteiger partial charge in [0.15, 0.2) is 0 Å². The van der Waals surface area contributed by atoms with Crippen LogP contribution in [0.5, 0.6) is 5.75 Å². The van der Waals surface area contributed by atoms with Crippen molar-refractivity contribution in [1.29, 1.82) is 0 Å². The lowest BCUT2D eigenvalue weighted by Gasteiger charge is -2.10. The summed E-state index contributed by atoms with van der Waals surface area (Å²) in [6.07, 6.45) is 1.41. The van der Waals surface area contributed by atoms with Gasteiger partial charge in [-0.3, -0.25) is 9.59 Å². The molecule has 0 aliphatic rings. The molecule has 5 nitrogen and oxygen atoms in total. The Kier molecular flexibility index (Phi) is 3.48. The smallest absolute Gasteiger partial charge is 0.294 e. The number of aromatic amines is 1. The lowest BCUT2D eigenvalue weighted by molar-refractivity contribution is -0.124. The summed E-state index contributed by atoms with van der Waals surface area (Å²) < 4.78 is 18.8. The number of nitrogens with zero attached hydrogens (tertiary/aromatic N) is 1. The predicted molar refractivity (Wildman–Crippen MR) is 72.6 cm³/mol. The van der Waals surface area contributed by atoms with Crippen LogP contribution >= 0.6 is 0 Å². The van der Waals surface area contributed by atoms with Gasteiger partial charge < -0.3 is 14.6 Å². The van der Waals surface area contributed by atoms with Crippen molar-refractivity contribution in [2.24, 2.45) is 0 Å². The van der Waals surface area contributed by atoms with Crippen molar-refractivity contribution < 1.29 is 18.7 Å². The van der Waals surface area contributed by atoms with Crippen LogP contribution in [-0.2, 0) is 4.79 Å². The molecule has 1 amide bonds. The number of hydrogen-bond donors (Lipinski definition) is 1. The first-order valence-corrected chi connectivity index (χ1v) is 5.98. The number of aryl methyl sites for hydroxylation is 1. The van der Waals surface area contributed by atoms with Crippen molar-refractivity contribution in [2.45, 2.75) is 6.92 Å². The highest BCUT2D eigenvalue weighted by molar-refractivity contribution is 6.45. The van der Waals surface area contributed by atoms with Gasteiger partial charge in [-0.25, -0.2) is 4.39 Å². The van der Waals surface area contributed by atoms with Crippen molar-refractivity contribution in [3.63, 3.8) is 0 Å². The molecule has 1 aromatic carbocycles. The molecule has 1 N–H and O–H groups in total. The number of ketones is 1. The Morgan fingerprint density at radius 1 is 1.35 bits per heavy atom. The number of fused-ring (bicyclic) bond motifs is 1. The van der Waals surface area contributed by atoms with Crippen molar-refractivity contribution in [3.05, 3.63) is 29.2 Å².